The summed E-state index contributed by atoms with van der Waals surface area (Å²) in [5.41, 5.74) is 0. The second-order valence-corrected chi connectivity index (χ2v) is 6.46. The van der Waals surface area contributed by atoms with E-state index in [-0.39, 0.29) is 0 Å². The van der Waals surface area contributed by atoms with Gasteiger partial charge >= 0.3 is 0 Å². The fourth-order valence-corrected chi connectivity index (χ4v) is 3.20. The molecule has 0 amide bonds. The Labute approximate surface area is 131 Å². The van der Waals surface area contributed by atoms with Crippen molar-refractivity contribution in [1.29, 1.82) is 0 Å². The summed E-state index contributed by atoms with van der Waals surface area (Å²) in [6, 6.07) is 3.87. The van der Waals surface area contributed by atoms with Crippen LogP contribution in [0.1, 0.15) is 19.3 Å². The molecule has 0 aromatic heterocycles. The molecule has 0 spiro atoms. The van der Waals surface area contributed by atoms with Gasteiger partial charge in [0.1, 0.15) is 11.5 Å². The van der Waals surface area contributed by atoms with Gasteiger partial charge in [-0.15, -0.1) is 0 Å². The standard InChI is InChI=1S/C14H19Br2NO2/c1-18-13-8-12(16)14(9-11(13)15)19-7-4-10-2-5-17-6-3-10/h8-10,17H,2-7H2,1H3. The van der Waals surface area contributed by atoms with Crippen molar-refractivity contribution in [2.45, 2.75) is 19.3 Å². The minimum Gasteiger partial charge on any atom is -0.496 e. The molecule has 0 radical (unpaired) electrons. The predicted molar refractivity (Wildman–Crippen MR) is 84.1 cm³/mol. The van der Waals surface area contributed by atoms with E-state index in [4.69, 9.17) is 9.47 Å². The number of ether oxygens (including phenoxy) is 2. The number of halogens is 2. The van der Waals surface area contributed by atoms with Gasteiger partial charge in [-0.2, -0.15) is 0 Å². The molecule has 1 heterocycles. The van der Waals surface area contributed by atoms with Crippen LogP contribution in [0.5, 0.6) is 11.5 Å². The fourth-order valence-electron chi connectivity index (χ4n) is 2.28. The SMILES string of the molecule is COc1cc(Br)c(OCCC2CCNCC2)cc1Br. The average Bonchev–Trinajstić information content (AvgIpc) is 2.43. The average molecular weight is 393 g/mol. The van der Waals surface area contributed by atoms with Gasteiger partial charge in [0.25, 0.3) is 0 Å². The quantitative estimate of drug-likeness (QED) is 0.821. The summed E-state index contributed by atoms with van der Waals surface area (Å²) in [6.45, 7) is 3.05. The lowest BCUT2D eigenvalue weighted by molar-refractivity contribution is 0.250. The third-order valence-corrected chi connectivity index (χ3v) is 4.69. The zero-order valence-corrected chi connectivity index (χ0v) is 14.2. The molecule has 1 fully saturated rings. The van der Waals surface area contributed by atoms with E-state index in [0.29, 0.717) is 0 Å². The number of nitrogens with one attached hydrogen (secondary N) is 1. The number of rotatable bonds is 5. The smallest absolute Gasteiger partial charge is 0.134 e. The Hall–Kier alpha value is -0.260. The summed E-state index contributed by atoms with van der Waals surface area (Å²) >= 11 is 6.99. The van der Waals surface area contributed by atoms with Crippen molar-refractivity contribution in [3.63, 3.8) is 0 Å². The first-order valence-electron chi connectivity index (χ1n) is 6.57. The third kappa shape index (κ3) is 4.36. The molecule has 5 heteroatoms. The van der Waals surface area contributed by atoms with Gasteiger partial charge in [0, 0.05) is 0 Å². The van der Waals surface area contributed by atoms with Gasteiger partial charge in [-0.05, 0) is 82.3 Å². The van der Waals surface area contributed by atoms with Crippen molar-refractivity contribution in [3.8, 4) is 11.5 Å². The van der Waals surface area contributed by atoms with Crippen LogP contribution in [0, 0.1) is 5.92 Å². The lowest BCUT2D eigenvalue weighted by Gasteiger charge is -2.22. The highest BCUT2D eigenvalue weighted by Gasteiger charge is 2.13. The molecular weight excluding hydrogens is 374 g/mol. The Morgan fingerprint density at radius 3 is 2.47 bits per heavy atom. The molecule has 1 aliphatic rings. The Bertz CT molecular complexity index is 420. The van der Waals surface area contributed by atoms with Crippen LogP contribution < -0.4 is 14.8 Å². The summed E-state index contributed by atoms with van der Waals surface area (Å²) in [6.07, 6.45) is 3.64. The van der Waals surface area contributed by atoms with Crippen LogP contribution in [0.25, 0.3) is 0 Å². The molecule has 0 unspecified atom stereocenters. The van der Waals surface area contributed by atoms with Gasteiger partial charge in [-0.1, -0.05) is 0 Å². The number of benzene rings is 1. The molecule has 0 atom stereocenters. The summed E-state index contributed by atoms with van der Waals surface area (Å²) < 4.78 is 12.9. The molecule has 1 aromatic rings. The summed E-state index contributed by atoms with van der Waals surface area (Å²) in [5, 5.41) is 3.38. The van der Waals surface area contributed by atoms with Gasteiger partial charge in [0.2, 0.25) is 0 Å². The highest BCUT2D eigenvalue weighted by atomic mass is 79.9. The minimum absolute atomic E-state index is 0.766. The molecule has 106 valence electrons. The fraction of sp³-hybridized carbons (Fsp3) is 0.571. The highest BCUT2D eigenvalue weighted by molar-refractivity contribution is 9.11. The van der Waals surface area contributed by atoms with Crippen LogP contribution in [0.4, 0.5) is 0 Å². The van der Waals surface area contributed by atoms with Gasteiger partial charge in [-0.3, -0.25) is 0 Å². The van der Waals surface area contributed by atoms with E-state index in [1.807, 2.05) is 12.1 Å². The summed E-state index contributed by atoms with van der Waals surface area (Å²) in [4.78, 5) is 0. The van der Waals surface area contributed by atoms with Crippen LogP contribution in [-0.4, -0.2) is 26.8 Å². The molecule has 3 nitrogen and oxygen atoms in total. The van der Waals surface area contributed by atoms with Gasteiger partial charge in [0.05, 0.1) is 22.7 Å². The van der Waals surface area contributed by atoms with Gasteiger partial charge in [-0.25, -0.2) is 0 Å². The zero-order valence-electron chi connectivity index (χ0n) is 11.0. The van der Waals surface area contributed by atoms with Crippen LogP contribution >= 0.6 is 31.9 Å². The first-order valence-corrected chi connectivity index (χ1v) is 8.16. The molecule has 2 rings (SSSR count). The van der Waals surface area contributed by atoms with E-state index in [0.717, 1.165) is 52.5 Å². The minimum atomic E-state index is 0.766. The summed E-state index contributed by atoms with van der Waals surface area (Å²) in [5.74, 6) is 2.46. The molecule has 19 heavy (non-hydrogen) atoms. The molecule has 1 aromatic carbocycles. The second-order valence-electron chi connectivity index (χ2n) is 4.75. The van der Waals surface area contributed by atoms with E-state index >= 15 is 0 Å². The predicted octanol–water partition coefficient (Wildman–Crippen LogP) is 3.99. The second kappa shape index (κ2) is 7.50. The molecule has 1 aliphatic heterocycles. The number of hydrogen-bond acceptors (Lipinski definition) is 3. The lowest BCUT2D eigenvalue weighted by Crippen LogP contribution is -2.28. The first kappa shape index (κ1) is 15.1. The summed E-state index contributed by atoms with van der Waals surface area (Å²) in [7, 11) is 1.66. The van der Waals surface area contributed by atoms with Crippen LogP contribution in [0.2, 0.25) is 0 Å². The maximum absolute atomic E-state index is 5.87. The number of hydrogen-bond donors (Lipinski definition) is 1. The van der Waals surface area contributed by atoms with E-state index < -0.39 is 0 Å². The Morgan fingerprint density at radius 2 is 1.79 bits per heavy atom. The van der Waals surface area contributed by atoms with Crippen LogP contribution in [0.15, 0.2) is 21.1 Å². The Morgan fingerprint density at radius 1 is 1.16 bits per heavy atom. The number of methoxy groups -OCH3 is 1. The zero-order chi connectivity index (χ0) is 13.7. The molecular formula is C14H19Br2NO2. The maximum atomic E-state index is 5.87. The van der Waals surface area contributed by atoms with Gasteiger partial charge < -0.3 is 14.8 Å². The van der Waals surface area contributed by atoms with E-state index in [1.165, 1.54) is 12.8 Å². The van der Waals surface area contributed by atoms with Gasteiger partial charge in [0.15, 0.2) is 0 Å². The van der Waals surface area contributed by atoms with E-state index in [1.54, 1.807) is 7.11 Å². The first-order chi connectivity index (χ1) is 9.20. The molecule has 0 aliphatic carbocycles. The van der Waals surface area contributed by atoms with Crippen molar-refractivity contribution in [2.24, 2.45) is 5.92 Å². The van der Waals surface area contributed by atoms with Crippen molar-refractivity contribution in [3.05, 3.63) is 21.1 Å². The van der Waals surface area contributed by atoms with Crippen molar-refractivity contribution < 1.29 is 9.47 Å². The maximum Gasteiger partial charge on any atom is 0.134 e. The molecule has 1 N–H and O–H groups in total. The Kier molecular flexibility index (Phi) is 5.98. The van der Waals surface area contributed by atoms with Crippen LogP contribution in [-0.2, 0) is 0 Å². The van der Waals surface area contributed by atoms with Crippen molar-refractivity contribution in [2.75, 3.05) is 26.8 Å². The number of piperidine rings is 1. The highest BCUT2D eigenvalue weighted by Crippen LogP contribution is 2.36. The molecule has 1 saturated heterocycles. The largest absolute Gasteiger partial charge is 0.496 e. The lowest BCUT2D eigenvalue weighted by atomic mass is 9.95. The molecule has 0 saturated carbocycles. The topological polar surface area (TPSA) is 30.5 Å². The van der Waals surface area contributed by atoms with Crippen molar-refractivity contribution in [1.82, 2.24) is 5.32 Å². The normalized spacial score (nSPS) is 16.4. The Balaban J connectivity index is 1.86. The van der Waals surface area contributed by atoms with E-state index in [9.17, 15) is 0 Å². The van der Waals surface area contributed by atoms with Crippen molar-refractivity contribution >= 4 is 31.9 Å². The molecule has 0 bridgehead atoms. The third-order valence-electron chi connectivity index (χ3n) is 3.45. The van der Waals surface area contributed by atoms with Crippen LogP contribution in [0.3, 0.4) is 0 Å². The monoisotopic (exact) mass is 391 g/mol. The van der Waals surface area contributed by atoms with E-state index in [2.05, 4.69) is 37.2 Å².